The average molecular weight is 412 g/mol. The maximum absolute atomic E-state index is 12.7. The second-order valence-corrected chi connectivity index (χ2v) is 6.91. The largest absolute Gasteiger partial charge is 0.430 e. The lowest BCUT2D eigenvalue weighted by atomic mass is 10.3. The van der Waals surface area contributed by atoms with Crippen LogP contribution in [0.3, 0.4) is 0 Å². The Bertz CT molecular complexity index is 1010. The smallest absolute Gasteiger partial charge is 0.297 e. The van der Waals surface area contributed by atoms with Crippen LogP contribution >= 0.6 is 0 Å². The van der Waals surface area contributed by atoms with Crippen LogP contribution < -0.4 is 9.80 Å². The van der Waals surface area contributed by atoms with Crippen LogP contribution in [0.1, 0.15) is 42.9 Å². The molecule has 0 atom stereocenters. The predicted octanol–water partition coefficient (Wildman–Crippen LogP) is 3.69. The van der Waals surface area contributed by atoms with Gasteiger partial charge in [-0.2, -0.15) is 5.10 Å². The monoisotopic (exact) mass is 412 g/mol. The first kappa shape index (κ1) is 20.1. The molecule has 30 heavy (non-hydrogen) atoms. The number of rotatable bonds is 5. The molecule has 2 aliphatic rings. The topological polar surface area (TPSA) is 80.3 Å². The van der Waals surface area contributed by atoms with Crippen LogP contribution in [0.4, 0.5) is 16.0 Å². The van der Waals surface area contributed by atoms with Gasteiger partial charge in [-0.1, -0.05) is 13.8 Å². The van der Waals surface area contributed by atoms with Crippen molar-refractivity contribution in [2.75, 3.05) is 29.6 Å². The number of anilines is 2. The lowest BCUT2D eigenvalue weighted by Gasteiger charge is -2.15. The van der Waals surface area contributed by atoms with Crippen molar-refractivity contribution >= 4 is 17.5 Å². The number of hydrogen-bond donors (Lipinski definition) is 0. The van der Waals surface area contributed by atoms with Crippen molar-refractivity contribution in [2.24, 2.45) is 0 Å². The van der Waals surface area contributed by atoms with Crippen LogP contribution in [0.25, 0.3) is 11.5 Å². The lowest BCUT2D eigenvalue weighted by Crippen LogP contribution is -2.24. The Morgan fingerprint density at radius 1 is 1.13 bits per heavy atom. The summed E-state index contributed by atoms with van der Waals surface area (Å²) in [4.78, 5) is 25.4. The Kier molecular flexibility index (Phi) is 5.78. The first-order valence-corrected chi connectivity index (χ1v) is 10.4. The van der Waals surface area contributed by atoms with Crippen molar-refractivity contribution in [3.63, 3.8) is 0 Å². The van der Waals surface area contributed by atoms with E-state index < -0.39 is 6.67 Å². The normalized spacial score (nSPS) is 15.4. The molecule has 9 heteroatoms. The molecular formula is C21H25FN6O2. The number of hydrogen-bond acceptors (Lipinski definition) is 6. The molecule has 5 heterocycles. The molecule has 1 saturated heterocycles. The van der Waals surface area contributed by atoms with Crippen molar-refractivity contribution in [2.45, 2.75) is 39.8 Å². The molecular weight excluding hydrogens is 387 g/mol. The quantitative estimate of drug-likeness (QED) is 0.636. The number of carbonyl (C=O) groups excluding carboxylic acids is 1. The SMILES string of the molecule is CC.O=C1c2oc(-c3ccc(N4CCCC4)nc3)nc2CN1c1ccn(CCF)n1. The van der Waals surface area contributed by atoms with Crippen molar-refractivity contribution in [1.82, 2.24) is 19.7 Å². The fraction of sp³-hybridized carbons (Fsp3) is 0.429. The molecule has 0 spiro atoms. The third-order valence-corrected chi connectivity index (χ3v) is 5.09. The zero-order valence-corrected chi connectivity index (χ0v) is 17.2. The first-order valence-electron chi connectivity index (χ1n) is 10.4. The van der Waals surface area contributed by atoms with Gasteiger partial charge in [0.2, 0.25) is 11.7 Å². The molecule has 158 valence electrons. The van der Waals surface area contributed by atoms with Crippen LogP contribution in [0.15, 0.2) is 35.0 Å². The molecule has 0 radical (unpaired) electrons. The summed E-state index contributed by atoms with van der Waals surface area (Å²) in [5.74, 6) is 1.73. The number of oxazole rings is 1. The summed E-state index contributed by atoms with van der Waals surface area (Å²) < 4.78 is 19.7. The van der Waals surface area contributed by atoms with Crippen molar-refractivity contribution in [3.05, 3.63) is 42.0 Å². The molecule has 3 aromatic rings. The van der Waals surface area contributed by atoms with E-state index in [0.29, 0.717) is 17.4 Å². The molecule has 1 amide bonds. The van der Waals surface area contributed by atoms with E-state index in [1.165, 1.54) is 22.4 Å². The van der Waals surface area contributed by atoms with E-state index in [4.69, 9.17) is 4.42 Å². The molecule has 0 N–H and O–H groups in total. The van der Waals surface area contributed by atoms with Crippen LogP contribution in [-0.2, 0) is 13.1 Å². The molecule has 1 fully saturated rings. The van der Waals surface area contributed by atoms with E-state index in [0.717, 1.165) is 24.5 Å². The number of pyridine rings is 1. The van der Waals surface area contributed by atoms with Crippen molar-refractivity contribution in [1.29, 1.82) is 0 Å². The molecule has 0 saturated carbocycles. The summed E-state index contributed by atoms with van der Waals surface area (Å²) in [6, 6.07) is 5.56. The van der Waals surface area contributed by atoms with E-state index in [-0.39, 0.29) is 24.8 Å². The second-order valence-electron chi connectivity index (χ2n) is 6.91. The molecule has 5 rings (SSSR count). The fourth-order valence-corrected chi connectivity index (χ4v) is 3.63. The number of nitrogens with zero attached hydrogens (tertiary/aromatic N) is 6. The average Bonchev–Trinajstić information content (AvgIpc) is 3.56. The third kappa shape index (κ3) is 3.67. The molecule has 0 unspecified atom stereocenters. The van der Waals surface area contributed by atoms with Crippen LogP contribution in [-0.4, -0.2) is 45.4 Å². The number of aryl methyl sites for hydroxylation is 1. The van der Waals surface area contributed by atoms with Gasteiger partial charge in [0, 0.05) is 31.5 Å². The van der Waals surface area contributed by atoms with Gasteiger partial charge in [-0.3, -0.25) is 14.4 Å². The van der Waals surface area contributed by atoms with Gasteiger partial charge in [-0.15, -0.1) is 0 Å². The molecule has 0 bridgehead atoms. The van der Waals surface area contributed by atoms with E-state index in [2.05, 4.69) is 20.0 Å². The first-order chi connectivity index (χ1) is 14.7. The molecule has 2 aliphatic heterocycles. The number of aromatic nitrogens is 4. The number of amides is 1. The molecule has 3 aromatic heterocycles. The molecule has 0 aliphatic carbocycles. The van der Waals surface area contributed by atoms with Gasteiger partial charge in [0.15, 0.2) is 5.82 Å². The zero-order chi connectivity index (χ0) is 21.1. The Morgan fingerprint density at radius 2 is 1.93 bits per heavy atom. The zero-order valence-electron chi connectivity index (χ0n) is 17.2. The van der Waals surface area contributed by atoms with Gasteiger partial charge >= 0.3 is 0 Å². The summed E-state index contributed by atoms with van der Waals surface area (Å²) in [7, 11) is 0. The van der Waals surface area contributed by atoms with Crippen molar-refractivity contribution < 1.29 is 13.6 Å². The second kappa shape index (κ2) is 8.64. The van der Waals surface area contributed by atoms with Gasteiger partial charge in [0.05, 0.1) is 18.7 Å². The van der Waals surface area contributed by atoms with E-state index >= 15 is 0 Å². The Hall–Kier alpha value is -3.23. The summed E-state index contributed by atoms with van der Waals surface area (Å²) in [5.41, 5.74) is 1.31. The summed E-state index contributed by atoms with van der Waals surface area (Å²) in [6.45, 7) is 6.00. The van der Waals surface area contributed by atoms with Gasteiger partial charge in [-0.05, 0) is 25.0 Å². The summed E-state index contributed by atoms with van der Waals surface area (Å²) >= 11 is 0. The minimum absolute atomic E-state index is 0.161. The van der Waals surface area contributed by atoms with Crippen LogP contribution in [0.5, 0.6) is 0 Å². The number of fused-ring (bicyclic) bond motifs is 1. The number of carbonyl (C=O) groups is 1. The lowest BCUT2D eigenvalue weighted by molar-refractivity contribution is 0.0972. The summed E-state index contributed by atoms with van der Waals surface area (Å²) in [5, 5.41) is 4.22. The van der Waals surface area contributed by atoms with Crippen LogP contribution in [0.2, 0.25) is 0 Å². The highest BCUT2D eigenvalue weighted by Crippen LogP contribution is 2.31. The van der Waals surface area contributed by atoms with Gasteiger partial charge in [-0.25, -0.2) is 14.4 Å². The summed E-state index contributed by atoms with van der Waals surface area (Å²) in [6.07, 6.45) is 5.77. The number of halogens is 1. The van der Waals surface area contributed by atoms with Crippen molar-refractivity contribution in [3.8, 4) is 11.5 Å². The van der Waals surface area contributed by atoms with Gasteiger partial charge < -0.3 is 9.32 Å². The highest BCUT2D eigenvalue weighted by atomic mass is 19.1. The van der Waals surface area contributed by atoms with Gasteiger partial charge in [0.1, 0.15) is 18.2 Å². The molecule has 0 aromatic carbocycles. The predicted molar refractivity (Wildman–Crippen MR) is 111 cm³/mol. The van der Waals surface area contributed by atoms with Gasteiger partial charge in [0.25, 0.3) is 5.91 Å². The maximum atomic E-state index is 12.7. The minimum Gasteiger partial charge on any atom is -0.430 e. The molecule has 8 nitrogen and oxygen atoms in total. The Morgan fingerprint density at radius 3 is 2.60 bits per heavy atom. The third-order valence-electron chi connectivity index (χ3n) is 5.09. The van der Waals surface area contributed by atoms with E-state index in [1.807, 2.05) is 26.0 Å². The van der Waals surface area contributed by atoms with E-state index in [1.54, 1.807) is 18.5 Å². The highest BCUT2D eigenvalue weighted by Gasteiger charge is 2.36. The Balaban J connectivity index is 0.00000106. The highest BCUT2D eigenvalue weighted by molar-refractivity contribution is 6.07. The van der Waals surface area contributed by atoms with E-state index in [9.17, 15) is 9.18 Å². The minimum atomic E-state index is -0.509. The Labute approximate surface area is 174 Å². The standard InChI is InChI=1S/C19H19FN6O2.C2H6/c20-6-10-25-9-5-16(23-25)26-12-14-17(19(26)27)28-18(22-14)13-3-4-15(21-11-13)24-7-1-2-8-24;1-2/h3-5,9,11H,1-2,6-8,10,12H2;1-2H3. The maximum Gasteiger partial charge on any atom is 0.297 e. The number of alkyl halides is 1. The van der Waals surface area contributed by atoms with Crippen LogP contribution in [0, 0.1) is 0 Å². The fourth-order valence-electron chi connectivity index (χ4n) is 3.63.